The second-order valence-corrected chi connectivity index (χ2v) is 12.1. The fourth-order valence-corrected chi connectivity index (χ4v) is 5.41. The Balaban J connectivity index is 1.68. The third-order valence-electron chi connectivity index (χ3n) is 6.63. The largest absolute Gasteiger partial charge is 0.348 e. The predicted molar refractivity (Wildman–Crippen MR) is 144 cm³/mol. The van der Waals surface area contributed by atoms with Crippen LogP contribution < -0.4 is 10.6 Å². The summed E-state index contributed by atoms with van der Waals surface area (Å²) in [5, 5.41) is 6.05. The smallest absolute Gasteiger partial charge is 0.246 e. The summed E-state index contributed by atoms with van der Waals surface area (Å²) in [5.41, 5.74) is 4.49. The average molecular weight is 513 g/mol. The van der Waals surface area contributed by atoms with E-state index in [4.69, 9.17) is 0 Å². The maximum absolute atomic E-state index is 13.6. The van der Waals surface area contributed by atoms with Crippen molar-refractivity contribution < 1.29 is 14.4 Å². The predicted octanol–water partition coefficient (Wildman–Crippen LogP) is 4.86. The molecular weight excluding hydrogens is 472 g/mol. The number of amides is 3. The van der Waals surface area contributed by atoms with Crippen LogP contribution in [0.5, 0.6) is 0 Å². The Hall–Kier alpha value is -2.74. The Morgan fingerprint density at radius 2 is 1.78 bits per heavy atom. The number of thiazole rings is 1. The molecule has 196 valence electrons. The topological polar surface area (TPSA) is 91.4 Å². The highest BCUT2D eigenvalue weighted by molar-refractivity contribution is 7.13. The third kappa shape index (κ3) is 6.72. The molecule has 1 saturated heterocycles. The van der Waals surface area contributed by atoms with E-state index in [1.807, 2.05) is 66.1 Å². The number of benzene rings is 1. The van der Waals surface area contributed by atoms with E-state index in [0.29, 0.717) is 19.4 Å². The molecule has 0 saturated carbocycles. The minimum absolute atomic E-state index is 0.135. The molecule has 3 rings (SSSR count). The molecule has 1 fully saturated rings. The lowest BCUT2D eigenvalue weighted by molar-refractivity contribution is -0.144. The zero-order chi connectivity index (χ0) is 26.6. The van der Waals surface area contributed by atoms with Crippen molar-refractivity contribution >= 4 is 29.1 Å². The lowest BCUT2D eigenvalue weighted by atomic mass is 9.85. The summed E-state index contributed by atoms with van der Waals surface area (Å²) in [4.78, 5) is 46.5. The summed E-state index contributed by atoms with van der Waals surface area (Å²) in [7, 11) is 0. The molecule has 36 heavy (non-hydrogen) atoms. The fraction of sp³-hybridized carbons (Fsp3) is 0.571. The number of carbonyl (C=O) groups is 3. The summed E-state index contributed by atoms with van der Waals surface area (Å²) in [6.07, 6.45) is 1.74. The number of aromatic nitrogens is 1. The van der Waals surface area contributed by atoms with Gasteiger partial charge in [-0.15, -0.1) is 11.3 Å². The van der Waals surface area contributed by atoms with E-state index in [2.05, 4.69) is 27.8 Å². The Bertz CT molecular complexity index is 1070. The summed E-state index contributed by atoms with van der Waals surface area (Å²) in [6.45, 7) is 14.2. The Kier molecular flexibility index (Phi) is 8.93. The normalized spacial score (nSPS) is 17.7. The Morgan fingerprint density at radius 1 is 1.11 bits per heavy atom. The molecular formula is C28H40N4O3S. The molecule has 0 spiro atoms. The second-order valence-electron chi connectivity index (χ2n) is 11.3. The van der Waals surface area contributed by atoms with Crippen LogP contribution >= 0.6 is 11.3 Å². The Labute approximate surface area is 219 Å². The number of rotatable bonds is 8. The number of nitrogens with one attached hydrogen (secondary N) is 2. The van der Waals surface area contributed by atoms with E-state index < -0.39 is 17.5 Å². The van der Waals surface area contributed by atoms with Gasteiger partial charge in [-0.05, 0) is 49.1 Å². The molecule has 1 aliphatic rings. The molecule has 2 aromatic rings. The summed E-state index contributed by atoms with van der Waals surface area (Å²) in [5.74, 6) is -0.275. The molecule has 8 heteroatoms. The van der Waals surface area contributed by atoms with Crippen LogP contribution in [0.1, 0.15) is 78.1 Å². The highest BCUT2D eigenvalue weighted by atomic mass is 32.1. The van der Waals surface area contributed by atoms with E-state index in [9.17, 15) is 14.4 Å². The maximum atomic E-state index is 13.6. The lowest BCUT2D eigenvalue weighted by Crippen LogP contribution is -2.57. The van der Waals surface area contributed by atoms with Gasteiger partial charge in [-0.2, -0.15) is 0 Å². The van der Waals surface area contributed by atoms with E-state index >= 15 is 0 Å². The first kappa shape index (κ1) is 27.8. The van der Waals surface area contributed by atoms with Crippen LogP contribution in [0.25, 0.3) is 10.4 Å². The highest BCUT2D eigenvalue weighted by Crippen LogP contribution is 2.29. The minimum Gasteiger partial charge on any atom is -0.348 e. The van der Waals surface area contributed by atoms with Gasteiger partial charge >= 0.3 is 0 Å². The first-order chi connectivity index (χ1) is 16.9. The lowest BCUT2D eigenvalue weighted by Gasteiger charge is -2.35. The molecule has 0 aliphatic carbocycles. The monoisotopic (exact) mass is 512 g/mol. The molecule has 0 radical (unpaired) electrons. The standard InChI is InChI=1S/C28H40N4O3S/c1-17(2)15-23(33)31-25(28(5,6)7)27(35)32-14-8-9-22(32)26(34)30-18(3)20-10-12-21(13-11-20)24-19(4)29-16-36-24/h10-13,16-18,22,25H,8-9,14-15H2,1-7H3,(H,30,34)(H,31,33). The minimum atomic E-state index is -0.683. The number of nitrogens with zero attached hydrogens (tertiary/aromatic N) is 2. The van der Waals surface area contributed by atoms with Gasteiger partial charge in [0, 0.05) is 13.0 Å². The average Bonchev–Trinajstić information content (AvgIpc) is 3.45. The van der Waals surface area contributed by atoms with Gasteiger partial charge in [-0.1, -0.05) is 58.9 Å². The van der Waals surface area contributed by atoms with Gasteiger partial charge in [0.15, 0.2) is 0 Å². The Morgan fingerprint density at radius 3 is 2.33 bits per heavy atom. The van der Waals surface area contributed by atoms with Crippen LogP contribution in [0.2, 0.25) is 0 Å². The molecule has 1 aliphatic heterocycles. The summed E-state index contributed by atoms with van der Waals surface area (Å²) >= 11 is 1.61. The van der Waals surface area contributed by atoms with Crippen LogP contribution in [0.15, 0.2) is 29.8 Å². The van der Waals surface area contributed by atoms with Crippen molar-refractivity contribution in [1.82, 2.24) is 20.5 Å². The molecule has 3 amide bonds. The van der Waals surface area contributed by atoms with E-state index in [1.165, 1.54) is 0 Å². The van der Waals surface area contributed by atoms with E-state index in [1.54, 1.807) is 16.2 Å². The van der Waals surface area contributed by atoms with Crippen molar-refractivity contribution in [2.24, 2.45) is 11.3 Å². The zero-order valence-corrected chi connectivity index (χ0v) is 23.4. The number of hydrogen-bond donors (Lipinski definition) is 2. The molecule has 7 nitrogen and oxygen atoms in total. The molecule has 1 aromatic heterocycles. The van der Waals surface area contributed by atoms with Crippen molar-refractivity contribution in [1.29, 1.82) is 0 Å². The van der Waals surface area contributed by atoms with Crippen LogP contribution in [0, 0.1) is 18.3 Å². The van der Waals surface area contributed by atoms with Crippen molar-refractivity contribution in [2.45, 2.75) is 85.9 Å². The van der Waals surface area contributed by atoms with Crippen molar-refractivity contribution in [3.63, 3.8) is 0 Å². The van der Waals surface area contributed by atoms with E-state index in [0.717, 1.165) is 28.1 Å². The molecule has 0 bridgehead atoms. The van der Waals surface area contributed by atoms with Crippen molar-refractivity contribution in [3.05, 3.63) is 41.0 Å². The van der Waals surface area contributed by atoms with Crippen LogP contribution in [-0.2, 0) is 14.4 Å². The van der Waals surface area contributed by atoms with Gasteiger partial charge in [0.25, 0.3) is 0 Å². The van der Waals surface area contributed by atoms with Gasteiger partial charge in [-0.25, -0.2) is 4.98 Å². The van der Waals surface area contributed by atoms with Crippen LogP contribution in [0.3, 0.4) is 0 Å². The van der Waals surface area contributed by atoms with Crippen molar-refractivity contribution in [3.8, 4) is 10.4 Å². The number of likely N-dealkylation sites (tertiary alicyclic amines) is 1. The highest BCUT2D eigenvalue weighted by Gasteiger charge is 2.42. The zero-order valence-electron chi connectivity index (χ0n) is 22.6. The van der Waals surface area contributed by atoms with Gasteiger partial charge in [0.2, 0.25) is 17.7 Å². The van der Waals surface area contributed by atoms with E-state index in [-0.39, 0.29) is 29.7 Å². The molecule has 2 heterocycles. The number of hydrogen-bond acceptors (Lipinski definition) is 5. The van der Waals surface area contributed by atoms with Gasteiger partial charge in [-0.3, -0.25) is 14.4 Å². The molecule has 3 unspecified atom stereocenters. The maximum Gasteiger partial charge on any atom is 0.246 e. The van der Waals surface area contributed by atoms with Crippen LogP contribution in [-0.4, -0.2) is 46.2 Å². The first-order valence-corrected chi connectivity index (χ1v) is 13.7. The fourth-order valence-electron chi connectivity index (χ4n) is 4.60. The molecule has 1 aromatic carbocycles. The SMILES string of the molecule is Cc1ncsc1-c1ccc(C(C)NC(=O)C2CCCN2C(=O)C(NC(=O)CC(C)C)C(C)(C)C)cc1. The van der Waals surface area contributed by atoms with Gasteiger partial charge < -0.3 is 15.5 Å². The number of aryl methyl sites for hydroxylation is 1. The summed E-state index contributed by atoms with van der Waals surface area (Å²) in [6, 6.07) is 6.74. The molecule has 3 atom stereocenters. The summed E-state index contributed by atoms with van der Waals surface area (Å²) < 4.78 is 0. The molecule has 2 N–H and O–H groups in total. The van der Waals surface area contributed by atoms with Crippen molar-refractivity contribution in [2.75, 3.05) is 6.54 Å². The quantitative estimate of drug-likeness (QED) is 0.528. The van der Waals surface area contributed by atoms with Gasteiger partial charge in [0.1, 0.15) is 12.1 Å². The number of carbonyl (C=O) groups excluding carboxylic acids is 3. The van der Waals surface area contributed by atoms with Crippen LogP contribution in [0.4, 0.5) is 0 Å². The second kappa shape index (κ2) is 11.5. The van der Waals surface area contributed by atoms with Gasteiger partial charge in [0.05, 0.1) is 22.1 Å². The first-order valence-electron chi connectivity index (χ1n) is 12.8. The third-order valence-corrected chi connectivity index (χ3v) is 7.61.